The third-order valence-corrected chi connectivity index (χ3v) is 1.77. The van der Waals surface area contributed by atoms with Gasteiger partial charge in [-0.2, -0.15) is 12.6 Å². The molecule has 0 saturated carbocycles. The number of thiol groups is 1. The Balaban J connectivity index is 3.41. The van der Waals surface area contributed by atoms with E-state index in [-0.39, 0.29) is 11.2 Å². The molecule has 0 aromatic carbocycles. The van der Waals surface area contributed by atoms with Crippen molar-refractivity contribution in [3.63, 3.8) is 0 Å². The lowest BCUT2D eigenvalue weighted by molar-refractivity contribution is -0.140. The van der Waals surface area contributed by atoms with Crippen LogP contribution >= 0.6 is 12.6 Å². The maximum absolute atomic E-state index is 10.7. The molecule has 0 rings (SSSR count). The summed E-state index contributed by atoms with van der Waals surface area (Å²) in [6.07, 6.45) is 2.93. The van der Waals surface area contributed by atoms with Crippen molar-refractivity contribution in [2.24, 2.45) is 0 Å². The van der Waals surface area contributed by atoms with Gasteiger partial charge in [0.1, 0.15) is 0 Å². The number of ether oxygens (including phenoxy) is 1. The molecule has 0 aliphatic carbocycles. The molecule has 10 heavy (non-hydrogen) atoms. The number of methoxy groups -OCH3 is 1. The summed E-state index contributed by atoms with van der Waals surface area (Å²) < 4.78 is 4.49. The zero-order valence-electron chi connectivity index (χ0n) is 6.46. The first kappa shape index (κ1) is 9.82. The fraction of sp³-hybridized carbons (Fsp3) is 0.857. The molecule has 0 aromatic rings. The number of unbranched alkanes of at least 4 members (excludes halogenated alkanes) is 1. The molecule has 0 unspecified atom stereocenters. The van der Waals surface area contributed by atoms with Gasteiger partial charge in [-0.05, 0) is 6.42 Å². The largest absolute Gasteiger partial charge is 0.468 e. The van der Waals surface area contributed by atoms with Crippen LogP contribution in [0.5, 0.6) is 0 Å². The van der Waals surface area contributed by atoms with Crippen LogP contribution in [-0.4, -0.2) is 18.3 Å². The first-order valence-electron chi connectivity index (χ1n) is 3.48. The van der Waals surface area contributed by atoms with E-state index in [2.05, 4.69) is 24.3 Å². The van der Waals surface area contributed by atoms with Gasteiger partial charge in [-0.15, -0.1) is 0 Å². The molecule has 0 spiro atoms. The highest BCUT2D eigenvalue weighted by molar-refractivity contribution is 7.81. The summed E-state index contributed by atoms with van der Waals surface area (Å²) in [7, 11) is 1.39. The number of hydrogen-bond donors (Lipinski definition) is 1. The summed E-state index contributed by atoms with van der Waals surface area (Å²) in [5, 5.41) is -0.232. The average Bonchev–Trinajstić information content (AvgIpc) is 1.98. The van der Waals surface area contributed by atoms with E-state index in [9.17, 15) is 4.79 Å². The van der Waals surface area contributed by atoms with Crippen molar-refractivity contribution in [3.05, 3.63) is 0 Å². The van der Waals surface area contributed by atoms with Gasteiger partial charge in [0, 0.05) is 0 Å². The Morgan fingerprint density at radius 1 is 1.70 bits per heavy atom. The van der Waals surface area contributed by atoms with Gasteiger partial charge in [-0.3, -0.25) is 4.79 Å². The van der Waals surface area contributed by atoms with Crippen molar-refractivity contribution in [2.75, 3.05) is 7.11 Å². The van der Waals surface area contributed by atoms with Crippen molar-refractivity contribution >= 4 is 18.6 Å². The Morgan fingerprint density at radius 2 is 2.30 bits per heavy atom. The van der Waals surface area contributed by atoms with E-state index in [1.54, 1.807) is 0 Å². The van der Waals surface area contributed by atoms with Crippen LogP contribution in [0, 0.1) is 0 Å². The van der Waals surface area contributed by atoms with Crippen LogP contribution in [0.2, 0.25) is 0 Å². The number of esters is 1. The zero-order chi connectivity index (χ0) is 7.98. The van der Waals surface area contributed by atoms with E-state index in [1.165, 1.54) is 7.11 Å². The molecule has 0 saturated heterocycles. The molecule has 0 aromatic heterocycles. The standard InChI is InChI=1S/C7H14O2S/c1-3-4-5-6(10)7(8)9-2/h6,10H,3-5H2,1-2H3/t6-/m0/s1. The van der Waals surface area contributed by atoms with Crippen molar-refractivity contribution < 1.29 is 9.53 Å². The Labute approximate surface area is 67.4 Å². The highest BCUT2D eigenvalue weighted by atomic mass is 32.1. The minimum Gasteiger partial charge on any atom is -0.468 e. The zero-order valence-corrected chi connectivity index (χ0v) is 7.36. The van der Waals surface area contributed by atoms with Crippen LogP contribution in [0.15, 0.2) is 0 Å². The summed E-state index contributed by atoms with van der Waals surface area (Å²) >= 11 is 4.06. The molecule has 0 heterocycles. The van der Waals surface area contributed by atoms with Crippen LogP contribution in [0.1, 0.15) is 26.2 Å². The topological polar surface area (TPSA) is 26.3 Å². The molecule has 2 nitrogen and oxygen atoms in total. The first-order chi connectivity index (χ1) is 4.72. The highest BCUT2D eigenvalue weighted by Gasteiger charge is 2.11. The Kier molecular flexibility index (Phi) is 5.49. The molecule has 0 aliphatic heterocycles. The number of hydrogen-bond acceptors (Lipinski definition) is 3. The summed E-state index contributed by atoms with van der Waals surface area (Å²) in [6, 6.07) is 0. The normalized spacial score (nSPS) is 12.7. The lowest BCUT2D eigenvalue weighted by Crippen LogP contribution is -2.15. The van der Waals surface area contributed by atoms with Crippen molar-refractivity contribution in [2.45, 2.75) is 31.4 Å². The van der Waals surface area contributed by atoms with Crippen LogP contribution in [0.3, 0.4) is 0 Å². The van der Waals surface area contributed by atoms with Crippen molar-refractivity contribution in [1.82, 2.24) is 0 Å². The molecule has 0 amide bonds. The lowest BCUT2D eigenvalue weighted by Gasteiger charge is -2.05. The van der Waals surface area contributed by atoms with Gasteiger partial charge in [0.15, 0.2) is 0 Å². The summed E-state index contributed by atoms with van der Waals surface area (Å²) in [5.41, 5.74) is 0. The molecule has 3 heteroatoms. The fourth-order valence-corrected chi connectivity index (χ4v) is 0.939. The average molecular weight is 162 g/mol. The van der Waals surface area contributed by atoms with E-state index < -0.39 is 0 Å². The third kappa shape index (κ3) is 3.77. The Morgan fingerprint density at radius 3 is 2.70 bits per heavy atom. The SMILES string of the molecule is CCCC[C@H](S)C(=O)OC. The Bertz CT molecular complexity index is 104. The van der Waals surface area contributed by atoms with E-state index in [0.29, 0.717) is 0 Å². The monoisotopic (exact) mass is 162 g/mol. The first-order valence-corrected chi connectivity index (χ1v) is 4.00. The minimum atomic E-state index is -0.232. The lowest BCUT2D eigenvalue weighted by atomic mass is 10.2. The second-order valence-electron chi connectivity index (χ2n) is 2.18. The van der Waals surface area contributed by atoms with Crippen LogP contribution in [0.4, 0.5) is 0 Å². The quantitative estimate of drug-likeness (QED) is 0.502. The molecule has 0 radical (unpaired) electrons. The van der Waals surface area contributed by atoms with Gasteiger partial charge in [0.25, 0.3) is 0 Å². The molecule has 0 fully saturated rings. The summed E-state index contributed by atoms with van der Waals surface area (Å²) in [5.74, 6) is -0.225. The van der Waals surface area contributed by atoms with E-state index in [4.69, 9.17) is 0 Å². The van der Waals surface area contributed by atoms with Gasteiger partial charge >= 0.3 is 5.97 Å². The number of rotatable bonds is 4. The molecular weight excluding hydrogens is 148 g/mol. The fourth-order valence-electron chi connectivity index (χ4n) is 0.651. The second-order valence-corrected chi connectivity index (χ2v) is 2.80. The van der Waals surface area contributed by atoms with Crippen molar-refractivity contribution in [3.8, 4) is 0 Å². The molecule has 0 N–H and O–H groups in total. The highest BCUT2D eigenvalue weighted by Crippen LogP contribution is 2.07. The van der Waals surface area contributed by atoms with Crippen LogP contribution < -0.4 is 0 Å². The van der Waals surface area contributed by atoms with Gasteiger partial charge in [0.05, 0.1) is 12.4 Å². The smallest absolute Gasteiger partial charge is 0.318 e. The van der Waals surface area contributed by atoms with Crippen molar-refractivity contribution in [1.29, 1.82) is 0 Å². The van der Waals surface area contributed by atoms with Gasteiger partial charge in [-0.25, -0.2) is 0 Å². The van der Waals surface area contributed by atoms with Gasteiger partial charge < -0.3 is 4.74 Å². The van der Waals surface area contributed by atoms with Crippen LogP contribution in [0.25, 0.3) is 0 Å². The Hall–Kier alpha value is -0.180. The number of carbonyl (C=O) groups is 1. The van der Waals surface area contributed by atoms with E-state index in [1.807, 2.05) is 0 Å². The predicted octanol–water partition coefficient (Wildman–Crippen LogP) is 1.65. The second kappa shape index (κ2) is 5.59. The molecule has 60 valence electrons. The van der Waals surface area contributed by atoms with Gasteiger partial charge in [0.2, 0.25) is 0 Å². The summed E-state index contributed by atoms with van der Waals surface area (Å²) in [6.45, 7) is 2.08. The van der Waals surface area contributed by atoms with Gasteiger partial charge in [-0.1, -0.05) is 19.8 Å². The summed E-state index contributed by atoms with van der Waals surface area (Å²) in [4.78, 5) is 10.7. The van der Waals surface area contributed by atoms with E-state index in [0.717, 1.165) is 19.3 Å². The van der Waals surface area contributed by atoms with Crippen LogP contribution in [-0.2, 0) is 9.53 Å². The molecule has 1 atom stereocenters. The predicted molar refractivity (Wildman–Crippen MR) is 44.3 cm³/mol. The maximum atomic E-state index is 10.7. The number of carbonyl (C=O) groups excluding carboxylic acids is 1. The molecule has 0 bridgehead atoms. The minimum absolute atomic E-state index is 0.225. The molecular formula is C7H14O2S. The van der Waals surface area contributed by atoms with E-state index >= 15 is 0 Å². The third-order valence-electron chi connectivity index (χ3n) is 1.30. The maximum Gasteiger partial charge on any atom is 0.318 e. The molecule has 0 aliphatic rings.